The van der Waals surface area contributed by atoms with E-state index in [0.717, 1.165) is 4.90 Å². The number of carbonyl (C=O) groups excluding carboxylic acids is 2. The Morgan fingerprint density at radius 2 is 1.78 bits per heavy atom. The maximum Gasteiger partial charge on any atom is 0.256 e. The number of rotatable bonds is 4. The summed E-state index contributed by atoms with van der Waals surface area (Å²) in [6, 6.07) is 10.5. The summed E-state index contributed by atoms with van der Waals surface area (Å²) in [5.74, 6) is 0.606. The Balaban J connectivity index is 1.96. The molecule has 3 rings (SSSR count). The molecular formula is C17H15NO4S. The van der Waals surface area contributed by atoms with E-state index in [1.54, 1.807) is 24.3 Å². The van der Waals surface area contributed by atoms with Crippen LogP contribution in [0.15, 0.2) is 41.3 Å². The zero-order valence-corrected chi connectivity index (χ0v) is 13.5. The molecule has 0 radical (unpaired) electrons. The third-order valence-electron chi connectivity index (χ3n) is 3.49. The number of thioether (sulfide) groups is 1. The Kier molecular flexibility index (Phi) is 4.25. The standard InChI is InChI=1S/C17H15NO4S/c1-10(19)12-7-14-15(22-9-21-14)8-13(12)18-17(20)11-5-3-4-6-16(11)23-2/h3-8H,9H2,1-2H3,(H,18,20). The van der Waals surface area contributed by atoms with Crippen LogP contribution < -0.4 is 14.8 Å². The van der Waals surface area contributed by atoms with Crippen molar-refractivity contribution in [2.45, 2.75) is 11.8 Å². The molecule has 6 heteroatoms. The molecule has 1 amide bonds. The van der Waals surface area contributed by atoms with Gasteiger partial charge in [-0.25, -0.2) is 0 Å². The van der Waals surface area contributed by atoms with Crippen LogP contribution in [0.1, 0.15) is 27.6 Å². The van der Waals surface area contributed by atoms with Gasteiger partial charge in [0.2, 0.25) is 6.79 Å². The van der Waals surface area contributed by atoms with E-state index in [1.807, 2.05) is 18.4 Å². The molecule has 2 aromatic rings. The first-order valence-electron chi connectivity index (χ1n) is 6.99. The van der Waals surface area contributed by atoms with Crippen molar-refractivity contribution < 1.29 is 19.1 Å². The molecule has 0 bridgehead atoms. The van der Waals surface area contributed by atoms with E-state index in [9.17, 15) is 9.59 Å². The lowest BCUT2D eigenvalue weighted by molar-refractivity contribution is 0.101. The molecular weight excluding hydrogens is 314 g/mol. The number of carbonyl (C=O) groups is 2. The minimum absolute atomic E-state index is 0.111. The molecule has 0 unspecified atom stereocenters. The van der Waals surface area contributed by atoms with E-state index in [1.165, 1.54) is 18.7 Å². The predicted octanol–water partition coefficient (Wildman–Crippen LogP) is 3.59. The summed E-state index contributed by atoms with van der Waals surface area (Å²) in [4.78, 5) is 25.3. The molecule has 1 N–H and O–H groups in total. The minimum atomic E-state index is -0.267. The van der Waals surface area contributed by atoms with Crippen LogP contribution in [0.4, 0.5) is 5.69 Å². The number of amides is 1. The normalized spacial score (nSPS) is 12.1. The Morgan fingerprint density at radius 3 is 2.48 bits per heavy atom. The fraction of sp³-hybridized carbons (Fsp3) is 0.176. The van der Waals surface area contributed by atoms with Crippen LogP contribution in [0.2, 0.25) is 0 Å². The number of Topliss-reactive ketones (excluding diaryl/α,β-unsaturated/α-hetero) is 1. The van der Waals surface area contributed by atoms with Crippen molar-refractivity contribution >= 4 is 29.1 Å². The number of hydrogen-bond donors (Lipinski definition) is 1. The number of ether oxygens (including phenoxy) is 2. The first-order chi connectivity index (χ1) is 11.1. The molecule has 0 atom stereocenters. The van der Waals surface area contributed by atoms with Crippen LogP contribution in [0.25, 0.3) is 0 Å². The van der Waals surface area contributed by atoms with Gasteiger partial charge in [-0.3, -0.25) is 9.59 Å². The number of hydrogen-bond acceptors (Lipinski definition) is 5. The topological polar surface area (TPSA) is 64.6 Å². The Morgan fingerprint density at radius 1 is 1.09 bits per heavy atom. The molecule has 0 spiro atoms. The molecule has 118 valence electrons. The highest BCUT2D eigenvalue weighted by Crippen LogP contribution is 2.37. The van der Waals surface area contributed by atoms with E-state index in [2.05, 4.69) is 5.32 Å². The molecule has 5 nitrogen and oxygen atoms in total. The minimum Gasteiger partial charge on any atom is -0.454 e. The molecule has 0 fully saturated rings. The van der Waals surface area contributed by atoms with Gasteiger partial charge in [0.05, 0.1) is 11.3 Å². The molecule has 23 heavy (non-hydrogen) atoms. The fourth-order valence-corrected chi connectivity index (χ4v) is 2.95. The number of ketones is 1. The van der Waals surface area contributed by atoms with Gasteiger partial charge in [0.25, 0.3) is 5.91 Å². The molecule has 0 saturated heterocycles. The maximum atomic E-state index is 12.6. The van der Waals surface area contributed by atoms with Crippen molar-refractivity contribution in [3.8, 4) is 11.5 Å². The van der Waals surface area contributed by atoms with Crippen LogP contribution in [0.5, 0.6) is 11.5 Å². The summed E-state index contributed by atoms with van der Waals surface area (Å²) in [7, 11) is 0. The summed E-state index contributed by atoms with van der Waals surface area (Å²) < 4.78 is 10.6. The second-order valence-corrected chi connectivity index (χ2v) is 5.81. The summed E-state index contributed by atoms with van der Waals surface area (Å²) in [5.41, 5.74) is 1.37. The molecule has 0 aliphatic carbocycles. The second-order valence-electron chi connectivity index (χ2n) is 4.96. The summed E-state index contributed by atoms with van der Waals surface area (Å²) in [5, 5.41) is 2.80. The summed E-state index contributed by atoms with van der Waals surface area (Å²) >= 11 is 1.49. The largest absolute Gasteiger partial charge is 0.454 e. The highest BCUT2D eigenvalue weighted by atomic mass is 32.2. The number of nitrogens with one attached hydrogen (secondary N) is 1. The monoisotopic (exact) mass is 329 g/mol. The zero-order chi connectivity index (χ0) is 16.4. The lowest BCUT2D eigenvalue weighted by atomic mass is 10.1. The number of anilines is 1. The predicted molar refractivity (Wildman–Crippen MR) is 88.7 cm³/mol. The highest BCUT2D eigenvalue weighted by molar-refractivity contribution is 7.98. The quantitative estimate of drug-likeness (QED) is 0.686. The second kappa shape index (κ2) is 6.34. The van der Waals surface area contributed by atoms with Crippen LogP contribution >= 0.6 is 11.8 Å². The van der Waals surface area contributed by atoms with Crippen LogP contribution in [0.3, 0.4) is 0 Å². The van der Waals surface area contributed by atoms with Crippen molar-refractivity contribution in [1.82, 2.24) is 0 Å². The Bertz CT molecular complexity index is 788. The van der Waals surface area contributed by atoms with E-state index in [0.29, 0.717) is 28.3 Å². The lowest BCUT2D eigenvalue weighted by Gasteiger charge is -2.12. The zero-order valence-electron chi connectivity index (χ0n) is 12.7. The van der Waals surface area contributed by atoms with Crippen molar-refractivity contribution in [1.29, 1.82) is 0 Å². The SMILES string of the molecule is CSc1ccccc1C(=O)Nc1cc2c(cc1C(C)=O)OCO2. The van der Waals surface area contributed by atoms with Gasteiger partial charge in [0, 0.05) is 16.5 Å². The van der Waals surface area contributed by atoms with E-state index in [4.69, 9.17) is 9.47 Å². The average Bonchev–Trinajstić information content (AvgIpc) is 3.01. The molecule has 1 aliphatic heterocycles. The van der Waals surface area contributed by atoms with Gasteiger partial charge in [-0.2, -0.15) is 0 Å². The maximum absolute atomic E-state index is 12.6. The lowest BCUT2D eigenvalue weighted by Crippen LogP contribution is -2.15. The number of fused-ring (bicyclic) bond motifs is 1. The van der Waals surface area contributed by atoms with Crippen molar-refractivity contribution in [2.24, 2.45) is 0 Å². The highest BCUT2D eigenvalue weighted by Gasteiger charge is 2.21. The average molecular weight is 329 g/mol. The molecule has 1 heterocycles. The first kappa shape index (κ1) is 15.4. The van der Waals surface area contributed by atoms with E-state index >= 15 is 0 Å². The van der Waals surface area contributed by atoms with Gasteiger partial charge in [0.15, 0.2) is 17.3 Å². The first-order valence-corrected chi connectivity index (χ1v) is 8.21. The van der Waals surface area contributed by atoms with Gasteiger partial charge in [-0.1, -0.05) is 12.1 Å². The summed E-state index contributed by atoms with van der Waals surface area (Å²) in [6.45, 7) is 1.56. The van der Waals surface area contributed by atoms with Crippen molar-refractivity contribution in [3.05, 3.63) is 47.5 Å². The van der Waals surface area contributed by atoms with Crippen LogP contribution in [-0.2, 0) is 0 Å². The van der Waals surface area contributed by atoms with E-state index in [-0.39, 0.29) is 18.5 Å². The molecule has 0 aromatic heterocycles. The van der Waals surface area contributed by atoms with Crippen LogP contribution in [-0.4, -0.2) is 24.7 Å². The van der Waals surface area contributed by atoms with Gasteiger partial charge in [-0.05, 0) is 31.4 Å². The Labute approximate surface area is 138 Å². The molecule has 1 aliphatic rings. The fourth-order valence-electron chi connectivity index (χ4n) is 2.36. The smallest absolute Gasteiger partial charge is 0.256 e. The van der Waals surface area contributed by atoms with Gasteiger partial charge in [0.1, 0.15) is 0 Å². The third-order valence-corrected chi connectivity index (χ3v) is 4.29. The molecule has 2 aromatic carbocycles. The third kappa shape index (κ3) is 3.03. The van der Waals surface area contributed by atoms with Crippen molar-refractivity contribution in [3.63, 3.8) is 0 Å². The van der Waals surface area contributed by atoms with Gasteiger partial charge >= 0.3 is 0 Å². The molecule has 0 saturated carbocycles. The van der Waals surface area contributed by atoms with E-state index < -0.39 is 0 Å². The summed E-state index contributed by atoms with van der Waals surface area (Å²) in [6.07, 6.45) is 1.91. The van der Waals surface area contributed by atoms with Gasteiger partial charge in [-0.15, -0.1) is 11.8 Å². The Hall–Kier alpha value is -2.47. The van der Waals surface area contributed by atoms with Crippen LogP contribution in [0, 0.1) is 0 Å². The number of benzene rings is 2. The van der Waals surface area contributed by atoms with Gasteiger partial charge < -0.3 is 14.8 Å². The van der Waals surface area contributed by atoms with Crippen molar-refractivity contribution in [2.75, 3.05) is 18.4 Å².